The number of aromatic nitrogens is 1. The Bertz CT molecular complexity index is 605. The second-order valence-electron chi connectivity index (χ2n) is 4.82. The van der Waals surface area contributed by atoms with E-state index in [1.807, 2.05) is 6.07 Å². The molecule has 0 unspecified atom stereocenters. The standard InChI is InChI=1S/C15H19N3O2/c1-3-8-17-9-7-13(11-17)10-16-14-5-4-6-15(12(14)2)18(19)20/h4-7,9,11,16H,3,8,10H2,1-2H3. The average Bonchev–Trinajstić information content (AvgIpc) is 2.85. The second kappa shape index (κ2) is 6.23. The van der Waals surface area contributed by atoms with Crippen LogP contribution >= 0.6 is 0 Å². The van der Waals surface area contributed by atoms with E-state index in [1.54, 1.807) is 13.0 Å². The van der Waals surface area contributed by atoms with Crippen molar-refractivity contribution in [1.82, 2.24) is 4.57 Å². The van der Waals surface area contributed by atoms with Crippen LogP contribution in [0, 0.1) is 17.0 Å². The molecule has 1 heterocycles. The van der Waals surface area contributed by atoms with Crippen molar-refractivity contribution in [3.63, 3.8) is 0 Å². The number of anilines is 1. The number of benzene rings is 1. The van der Waals surface area contributed by atoms with Crippen LogP contribution in [0.4, 0.5) is 11.4 Å². The number of rotatable bonds is 6. The average molecular weight is 273 g/mol. The minimum Gasteiger partial charge on any atom is -0.380 e. The van der Waals surface area contributed by atoms with Gasteiger partial charge < -0.3 is 9.88 Å². The van der Waals surface area contributed by atoms with Gasteiger partial charge in [-0.2, -0.15) is 0 Å². The van der Waals surface area contributed by atoms with Gasteiger partial charge in [-0.1, -0.05) is 13.0 Å². The Hall–Kier alpha value is -2.30. The van der Waals surface area contributed by atoms with Gasteiger partial charge in [-0.15, -0.1) is 0 Å². The first-order valence-electron chi connectivity index (χ1n) is 6.74. The fourth-order valence-corrected chi connectivity index (χ4v) is 2.20. The van der Waals surface area contributed by atoms with Gasteiger partial charge in [0.15, 0.2) is 0 Å². The van der Waals surface area contributed by atoms with E-state index >= 15 is 0 Å². The minimum atomic E-state index is -0.349. The van der Waals surface area contributed by atoms with E-state index in [2.05, 4.69) is 35.3 Å². The molecule has 1 aromatic heterocycles. The zero-order valence-electron chi connectivity index (χ0n) is 11.8. The van der Waals surface area contributed by atoms with E-state index in [0.29, 0.717) is 12.1 Å². The van der Waals surface area contributed by atoms with Gasteiger partial charge in [0.1, 0.15) is 0 Å². The lowest BCUT2D eigenvalue weighted by atomic mass is 10.1. The number of hydrogen-bond acceptors (Lipinski definition) is 3. The summed E-state index contributed by atoms with van der Waals surface area (Å²) in [5, 5.41) is 14.2. The van der Waals surface area contributed by atoms with Crippen LogP contribution in [-0.4, -0.2) is 9.49 Å². The van der Waals surface area contributed by atoms with Crippen LogP contribution in [0.1, 0.15) is 24.5 Å². The van der Waals surface area contributed by atoms with Gasteiger partial charge in [-0.25, -0.2) is 0 Å². The van der Waals surface area contributed by atoms with Crippen LogP contribution in [0.2, 0.25) is 0 Å². The van der Waals surface area contributed by atoms with E-state index < -0.39 is 0 Å². The molecule has 106 valence electrons. The third-order valence-electron chi connectivity index (χ3n) is 3.28. The molecule has 0 bridgehead atoms. The van der Waals surface area contributed by atoms with Crippen LogP contribution in [0.3, 0.4) is 0 Å². The van der Waals surface area contributed by atoms with Crippen molar-refractivity contribution < 1.29 is 4.92 Å². The lowest BCUT2D eigenvalue weighted by Crippen LogP contribution is -2.02. The summed E-state index contributed by atoms with van der Waals surface area (Å²) in [5.41, 5.74) is 2.80. The van der Waals surface area contributed by atoms with Crippen LogP contribution in [-0.2, 0) is 13.1 Å². The summed E-state index contributed by atoms with van der Waals surface area (Å²) in [6, 6.07) is 7.16. The van der Waals surface area contributed by atoms with Crippen molar-refractivity contribution in [3.8, 4) is 0 Å². The molecule has 5 heteroatoms. The smallest absolute Gasteiger partial charge is 0.274 e. The molecule has 1 aromatic carbocycles. The molecule has 2 rings (SSSR count). The lowest BCUT2D eigenvalue weighted by Gasteiger charge is -2.08. The molecule has 2 aromatic rings. The highest BCUT2D eigenvalue weighted by Gasteiger charge is 2.12. The lowest BCUT2D eigenvalue weighted by molar-refractivity contribution is -0.385. The van der Waals surface area contributed by atoms with Crippen molar-refractivity contribution in [2.45, 2.75) is 33.4 Å². The van der Waals surface area contributed by atoms with Crippen LogP contribution in [0.5, 0.6) is 0 Å². The molecule has 0 saturated heterocycles. The number of nitro benzene ring substituents is 1. The maximum atomic E-state index is 10.9. The highest BCUT2D eigenvalue weighted by Crippen LogP contribution is 2.25. The van der Waals surface area contributed by atoms with Gasteiger partial charge in [0.25, 0.3) is 5.69 Å². The predicted molar refractivity (Wildman–Crippen MR) is 79.9 cm³/mol. The van der Waals surface area contributed by atoms with Gasteiger partial charge in [0, 0.05) is 42.8 Å². The maximum Gasteiger partial charge on any atom is 0.274 e. The van der Waals surface area contributed by atoms with E-state index in [1.165, 1.54) is 11.6 Å². The molecule has 0 aliphatic heterocycles. The Morgan fingerprint density at radius 2 is 2.15 bits per heavy atom. The van der Waals surface area contributed by atoms with E-state index in [4.69, 9.17) is 0 Å². The Morgan fingerprint density at radius 3 is 2.85 bits per heavy atom. The largest absolute Gasteiger partial charge is 0.380 e. The third-order valence-corrected chi connectivity index (χ3v) is 3.28. The van der Waals surface area contributed by atoms with Gasteiger partial charge in [0.2, 0.25) is 0 Å². The molecular weight excluding hydrogens is 254 g/mol. The molecule has 0 saturated carbocycles. The van der Waals surface area contributed by atoms with Gasteiger partial charge in [-0.3, -0.25) is 10.1 Å². The normalized spacial score (nSPS) is 10.5. The highest BCUT2D eigenvalue weighted by atomic mass is 16.6. The molecule has 0 aliphatic carbocycles. The number of aryl methyl sites for hydroxylation is 1. The molecule has 0 fully saturated rings. The first-order valence-corrected chi connectivity index (χ1v) is 6.74. The Morgan fingerprint density at radius 1 is 1.35 bits per heavy atom. The maximum absolute atomic E-state index is 10.9. The Balaban J connectivity index is 2.06. The Labute approximate surface area is 118 Å². The van der Waals surface area contributed by atoms with E-state index in [0.717, 1.165) is 18.7 Å². The predicted octanol–water partition coefficient (Wildman–Crippen LogP) is 3.73. The minimum absolute atomic E-state index is 0.151. The Kier molecular flexibility index (Phi) is 4.40. The monoisotopic (exact) mass is 273 g/mol. The first-order chi connectivity index (χ1) is 9.61. The zero-order chi connectivity index (χ0) is 14.5. The first kappa shape index (κ1) is 14.1. The third kappa shape index (κ3) is 3.17. The quantitative estimate of drug-likeness (QED) is 0.644. The van der Waals surface area contributed by atoms with E-state index in [-0.39, 0.29) is 10.6 Å². The molecular formula is C15H19N3O2. The highest BCUT2D eigenvalue weighted by molar-refractivity contribution is 5.59. The summed E-state index contributed by atoms with van der Waals surface area (Å²) in [7, 11) is 0. The van der Waals surface area contributed by atoms with Crippen molar-refractivity contribution in [2.75, 3.05) is 5.32 Å². The fraction of sp³-hybridized carbons (Fsp3) is 0.333. The SMILES string of the molecule is CCCn1ccc(CNc2cccc([N+](=O)[O-])c2C)c1. The number of hydrogen-bond donors (Lipinski definition) is 1. The molecule has 5 nitrogen and oxygen atoms in total. The van der Waals surface area contributed by atoms with Crippen LogP contribution in [0.15, 0.2) is 36.7 Å². The summed E-state index contributed by atoms with van der Waals surface area (Å²) < 4.78 is 2.15. The van der Waals surface area contributed by atoms with Crippen molar-refractivity contribution in [1.29, 1.82) is 0 Å². The molecule has 20 heavy (non-hydrogen) atoms. The zero-order valence-corrected chi connectivity index (χ0v) is 11.8. The number of nitro groups is 1. The molecule has 0 atom stereocenters. The van der Waals surface area contributed by atoms with Gasteiger partial charge in [0.05, 0.1) is 4.92 Å². The summed E-state index contributed by atoms with van der Waals surface area (Å²) in [6.45, 7) is 5.58. The fourth-order valence-electron chi connectivity index (χ4n) is 2.20. The number of nitrogens with zero attached hydrogens (tertiary/aromatic N) is 2. The summed E-state index contributed by atoms with van der Waals surface area (Å²) in [5.74, 6) is 0. The van der Waals surface area contributed by atoms with Gasteiger partial charge in [-0.05, 0) is 31.0 Å². The number of nitrogens with one attached hydrogen (secondary N) is 1. The van der Waals surface area contributed by atoms with Crippen molar-refractivity contribution in [3.05, 3.63) is 57.9 Å². The molecule has 0 amide bonds. The van der Waals surface area contributed by atoms with E-state index in [9.17, 15) is 10.1 Å². The molecule has 0 spiro atoms. The van der Waals surface area contributed by atoms with Crippen LogP contribution in [0.25, 0.3) is 0 Å². The summed E-state index contributed by atoms with van der Waals surface area (Å²) >= 11 is 0. The van der Waals surface area contributed by atoms with Crippen LogP contribution < -0.4 is 5.32 Å². The molecule has 0 aliphatic rings. The van der Waals surface area contributed by atoms with Gasteiger partial charge >= 0.3 is 0 Å². The summed E-state index contributed by atoms with van der Waals surface area (Å²) in [6.07, 6.45) is 5.26. The molecule has 0 radical (unpaired) electrons. The molecule has 1 N–H and O–H groups in total. The van der Waals surface area contributed by atoms with Crippen molar-refractivity contribution in [2.24, 2.45) is 0 Å². The topological polar surface area (TPSA) is 60.1 Å². The van der Waals surface area contributed by atoms with Crippen molar-refractivity contribution >= 4 is 11.4 Å². The second-order valence-corrected chi connectivity index (χ2v) is 4.82. The summed E-state index contributed by atoms with van der Waals surface area (Å²) in [4.78, 5) is 10.5.